The molecule has 5 nitrogen and oxygen atoms in total. The Kier molecular flexibility index (Phi) is 6.55. The highest BCUT2D eigenvalue weighted by atomic mass is 35.5. The van der Waals surface area contributed by atoms with Crippen molar-refractivity contribution in [2.75, 3.05) is 33.0 Å². The van der Waals surface area contributed by atoms with Gasteiger partial charge in [0.2, 0.25) is 5.91 Å². The van der Waals surface area contributed by atoms with Crippen LogP contribution in [0.1, 0.15) is 18.9 Å². The SMILES string of the molecule is CCOCCCNC(=O)C=Cc1cc(Cl)c2c(c1)OCCO2. The van der Waals surface area contributed by atoms with E-state index in [1.807, 2.05) is 6.92 Å². The van der Waals surface area contributed by atoms with Gasteiger partial charge in [0.1, 0.15) is 13.2 Å². The number of nitrogens with one attached hydrogen (secondary N) is 1. The molecular formula is C16H20ClNO4. The predicted octanol–water partition coefficient (Wildman–Crippen LogP) is 2.67. The van der Waals surface area contributed by atoms with Crippen molar-refractivity contribution in [3.63, 3.8) is 0 Å². The molecule has 120 valence electrons. The van der Waals surface area contributed by atoms with Gasteiger partial charge in [-0.1, -0.05) is 11.6 Å². The molecule has 2 rings (SSSR count). The molecule has 0 unspecified atom stereocenters. The summed E-state index contributed by atoms with van der Waals surface area (Å²) >= 11 is 6.14. The van der Waals surface area contributed by atoms with Crippen molar-refractivity contribution in [3.05, 3.63) is 28.8 Å². The van der Waals surface area contributed by atoms with Crippen LogP contribution in [-0.4, -0.2) is 38.9 Å². The molecule has 1 aliphatic rings. The van der Waals surface area contributed by atoms with Crippen LogP contribution in [0.4, 0.5) is 0 Å². The molecule has 0 aliphatic carbocycles. The van der Waals surface area contributed by atoms with Gasteiger partial charge in [0.25, 0.3) is 0 Å². The third-order valence-corrected chi connectivity index (χ3v) is 3.30. The van der Waals surface area contributed by atoms with Crippen molar-refractivity contribution < 1.29 is 19.0 Å². The molecule has 0 atom stereocenters. The highest BCUT2D eigenvalue weighted by Gasteiger charge is 2.15. The first-order valence-corrected chi connectivity index (χ1v) is 7.71. The van der Waals surface area contributed by atoms with Crippen molar-refractivity contribution in [3.8, 4) is 11.5 Å². The molecule has 1 heterocycles. The Morgan fingerprint density at radius 2 is 2.23 bits per heavy atom. The fourth-order valence-corrected chi connectivity index (χ4v) is 2.26. The second kappa shape index (κ2) is 8.66. The maximum Gasteiger partial charge on any atom is 0.244 e. The molecule has 0 saturated heterocycles. The molecule has 6 heteroatoms. The van der Waals surface area contributed by atoms with Gasteiger partial charge in [-0.25, -0.2) is 0 Å². The van der Waals surface area contributed by atoms with Crippen LogP contribution >= 0.6 is 11.6 Å². The third kappa shape index (κ3) is 4.93. The van der Waals surface area contributed by atoms with Crippen LogP contribution in [-0.2, 0) is 9.53 Å². The average molecular weight is 326 g/mol. The van der Waals surface area contributed by atoms with Gasteiger partial charge < -0.3 is 19.5 Å². The Hall–Kier alpha value is -1.72. The van der Waals surface area contributed by atoms with E-state index in [-0.39, 0.29) is 5.91 Å². The van der Waals surface area contributed by atoms with Crippen LogP contribution in [0.15, 0.2) is 18.2 Å². The lowest BCUT2D eigenvalue weighted by molar-refractivity contribution is -0.116. The van der Waals surface area contributed by atoms with E-state index in [9.17, 15) is 4.79 Å². The van der Waals surface area contributed by atoms with Crippen LogP contribution in [0.3, 0.4) is 0 Å². The minimum atomic E-state index is -0.150. The maximum atomic E-state index is 11.7. The van der Waals surface area contributed by atoms with Crippen LogP contribution in [0.5, 0.6) is 11.5 Å². The van der Waals surface area contributed by atoms with E-state index in [1.54, 1.807) is 18.2 Å². The Labute approximate surface area is 135 Å². The lowest BCUT2D eigenvalue weighted by Crippen LogP contribution is -2.23. The monoisotopic (exact) mass is 325 g/mol. The zero-order valence-corrected chi connectivity index (χ0v) is 13.3. The first kappa shape index (κ1) is 16.6. The maximum absolute atomic E-state index is 11.7. The molecule has 22 heavy (non-hydrogen) atoms. The summed E-state index contributed by atoms with van der Waals surface area (Å²) in [6, 6.07) is 3.55. The number of hydrogen-bond donors (Lipinski definition) is 1. The minimum Gasteiger partial charge on any atom is -0.486 e. The summed E-state index contributed by atoms with van der Waals surface area (Å²) in [5, 5.41) is 3.27. The van der Waals surface area contributed by atoms with Gasteiger partial charge in [-0.05, 0) is 37.1 Å². The lowest BCUT2D eigenvalue weighted by atomic mass is 10.1. The van der Waals surface area contributed by atoms with Crippen LogP contribution in [0.25, 0.3) is 6.08 Å². The molecule has 0 bridgehead atoms. The average Bonchev–Trinajstić information content (AvgIpc) is 2.53. The van der Waals surface area contributed by atoms with Gasteiger partial charge in [0, 0.05) is 25.8 Å². The number of fused-ring (bicyclic) bond motifs is 1. The summed E-state index contributed by atoms with van der Waals surface area (Å²) in [7, 11) is 0. The van der Waals surface area contributed by atoms with Crippen LogP contribution < -0.4 is 14.8 Å². The second-order valence-electron chi connectivity index (χ2n) is 4.70. The molecule has 1 aliphatic heterocycles. The first-order valence-electron chi connectivity index (χ1n) is 7.33. The molecule has 1 N–H and O–H groups in total. The van der Waals surface area contributed by atoms with E-state index in [1.165, 1.54) is 6.08 Å². The number of halogens is 1. The van der Waals surface area contributed by atoms with E-state index in [4.69, 9.17) is 25.8 Å². The van der Waals surface area contributed by atoms with Gasteiger partial charge in [0.15, 0.2) is 11.5 Å². The summed E-state index contributed by atoms with van der Waals surface area (Å²) in [4.78, 5) is 11.7. The summed E-state index contributed by atoms with van der Waals surface area (Å²) in [5.74, 6) is 1.02. The fourth-order valence-electron chi connectivity index (χ4n) is 1.99. The van der Waals surface area contributed by atoms with Crippen molar-refractivity contribution >= 4 is 23.6 Å². The summed E-state index contributed by atoms with van der Waals surface area (Å²) < 4.78 is 16.1. The van der Waals surface area contributed by atoms with E-state index in [0.717, 1.165) is 12.0 Å². The van der Waals surface area contributed by atoms with Gasteiger partial charge >= 0.3 is 0 Å². The Morgan fingerprint density at radius 3 is 3.05 bits per heavy atom. The largest absolute Gasteiger partial charge is 0.486 e. The summed E-state index contributed by atoms with van der Waals surface area (Å²) in [6.45, 7) is 4.87. The molecule has 0 radical (unpaired) electrons. The van der Waals surface area contributed by atoms with Gasteiger partial charge in [-0.15, -0.1) is 0 Å². The van der Waals surface area contributed by atoms with Gasteiger partial charge in [0.05, 0.1) is 5.02 Å². The highest BCUT2D eigenvalue weighted by molar-refractivity contribution is 6.32. The standard InChI is InChI=1S/C16H20ClNO4/c1-2-20-7-3-6-18-15(19)5-4-12-10-13(17)16-14(11-12)21-8-9-22-16/h4-5,10-11H,2-3,6-9H2,1H3,(H,18,19). The number of amides is 1. The Bertz CT molecular complexity index is 545. The first-order chi connectivity index (χ1) is 10.7. The van der Waals surface area contributed by atoms with Crippen LogP contribution in [0.2, 0.25) is 5.02 Å². The summed E-state index contributed by atoms with van der Waals surface area (Å²) in [5.41, 5.74) is 0.790. The quantitative estimate of drug-likeness (QED) is 0.618. The predicted molar refractivity (Wildman–Crippen MR) is 85.6 cm³/mol. The number of benzene rings is 1. The van der Waals surface area contributed by atoms with Gasteiger partial charge in [-0.2, -0.15) is 0 Å². The van der Waals surface area contributed by atoms with Crippen molar-refractivity contribution in [1.29, 1.82) is 0 Å². The molecule has 0 aromatic heterocycles. The number of carbonyl (C=O) groups excluding carboxylic acids is 1. The normalized spacial score (nSPS) is 13.4. The number of ether oxygens (including phenoxy) is 3. The molecule has 0 saturated carbocycles. The van der Waals surface area contributed by atoms with E-state index >= 15 is 0 Å². The molecule has 1 aromatic rings. The topological polar surface area (TPSA) is 56.8 Å². The molecule has 1 amide bonds. The summed E-state index contributed by atoms with van der Waals surface area (Å²) in [6.07, 6.45) is 3.97. The number of rotatable bonds is 7. The zero-order chi connectivity index (χ0) is 15.8. The van der Waals surface area contributed by atoms with Crippen molar-refractivity contribution in [2.24, 2.45) is 0 Å². The molecule has 0 spiro atoms. The highest BCUT2D eigenvalue weighted by Crippen LogP contribution is 2.38. The zero-order valence-electron chi connectivity index (χ0n) is 12.6. The fraction of sp³-hybridized carbons (Fsp3) is 0.438. The Morgan fingerprint density at radius 1 is 1.41 bits per heavy atom. The smallest absolute Gasteiger partial charge is 0.244 e. The second-order valence-corrected chi connectivity index (χ2v) is 5.11. The Balaban J connectivity index is 1.87. The lowest BCUT2D eigenvalue weighted by Gasteiger charge is -2.19. The van der Waals surface area contributed by atoms with Crippen molar-refractivity contribution in [1.82, 2.24) is 5.32 Å². The number of carbonyl (C=O) groups is 1. The van der Waals surface area contributed by atoms with Gasteiger partial charge in [-0.3, -0.25) is 4.79 Å². The van der Waals surface area contributed by atoms with E-state index in [2.05, 4.69) is 5.32 Å². The molecule has 1 aromatic carbocycles. The van der Waals surface area contributed by atoms with Crippen molar-refractivity contribution in [2.45, 2.75) is 13.3 Å². The molecular weight excluding hydrogens is 306 g/mol. The van der Waals surface area contributed by atoms with Crippen LogP contribution in [0, 0.1) is 0 Å². The van der Waals surface area contributed by atoms with E-state index < -0.39 is 0 Å². The minimum absolute atomic E-state index is 0.150. The number of hydrogen-bond acceptors (Lipinski definition) is 4. The van der Waals surface area contributed by atoms with E-state index in [0.29, 0.717) is 49.5 Å². The molecule has 0 fully saturated rings. The third-order valence-electron chi connectivity index (χ3n) is 3.02.